The Balaban J connectivity index is 1.60. The fraction of sp³-hybridized carbons (Fsp3) is 0.579. The fourth-order valence-corrected chi connectivity index (χ4v) is 6.03. The Morgan fingerprint density at radius 1 is 1.06 bits per heavy atom. The van der Waals surface area contributed by atoms with E-state index in [-0.39, 0.29) is 23.3 Å². The van der Waals surface area contributed by atoms with Crippen LogP contribution in [0.25, 0.3) is 0 Å². The number of carbonyl (C=O) groups is 2. The van der Waals surface area contributed by atoms with E-state index < -0.39 is 10.0 Å². The Morgan fingerprint density at radius 2 is 1.74 bits per heavy atom. The van der Waals surface area contributed by atoms with Gasteiger partial charge in [-0.1, -0.05) is 0 Å². The summed E-state index contributed by atoms with van der Waals surface area (Å²) in [6.45, 7) is 3.64. The summed E-state index contributed by atoms with van der Waals surface area (Å²) in [5.74, 6) is 0.427. The summed E-state index contributed by atoms with van der Waals surface area (Å²) < 4.78 is 38.3. The molecule has 1 aromatic carbocycles. The van der Waals surface area contributed by atoms with Crippen molar-refractivity contribution in [2.45, 2.75) is 4.90 Å². The minimum absolute atomic E-state index is 0.0607. The number of morpholine rings is 2. The summed E-state index contributed by atoms with van der Waals surface area (Å²) in [4.78, 5) is 28.2. The average molecular weight is 471 g/mol. The maximum absolute atomic E-state index is 13.1. The van der Waals surface area contributed by atoms with Gasteiger partial charge in [-0.25, -0.2) is 8.42 Å². The molecule has 31 heavy (non-hydrogen) atoms. The van der Waals surface area contributed by atoms with E-state index in [4.69, 9.17) is 9.47 Å². The van der Waals surface area contributed by atoms with E-state index in [1.165, 1.54) is 27.0 Å². The zero-order valence-corrected chi connectivity index (χ0v) is 18.8. The Kier molecular flexibility index (Phi) is 7.02. The highest BCUT2D eigenvalue weighted by molar-refractivity contribution is 8.00. The number of benzene rings is 1. The standard InChI is InChI=1S/C19H26N4O6S2/c24-18(12-22-14-30-13-19(22)25)20-16-11-15(31(26,27)23-5-9-29-10-6-23)1-2-17(16)21-3-7-28-8-4-21/h1-2,11H,3-10,12-14H2,(H,20,24). The van der Waals surface area contributed by atoms with Gasteiger partial charge in [0.2, 0.25) is 21.8 Å². The van der Waals surface area contributed by atoms with Crippen LogP contribution in [0.5, 0.6) is 0 Å². The van der Waals surface area contributed by atoms with E-state index in [0.29, 0.717) is 69.9 Å². The fourth-order valence-electron chi connectivity index (χ4n) is 3.70. The van der Waals surface area contributed by atoms with Gasteiger partial charge in [0.1, 0.15) is 6.54 Å². The Bertz CT molecular complexity index is 929. The van der Waals surface area contributed by atoms with E-state index >= 15 is 0 Å². The van der Waals surface area contributed by atoms with Gasteiger partial charge in [0.15, 0.2) is 0 Å². The van der Waals surface area contributed by atoms with Crippen molar-refractivity contribution in [1.82, 2.24) is 9.21 Å². The number of thioether (sulfide) groups is 1. The summed E-state index contributed by atoms with van der Waals surface area (Å²) in [6.07, 6.45) is 0. The number of carbonyl (C=O) groups excluding carboxylic acids is 2. The van der Waals surface area contributed by atoms with Crippen molar-refractivity contribution in [3.63, 3.8) is 0 Å². The number of rotatable bonds is 6. The molecule has 12 heteroatoms. The van der Waals surface area contributed by atoms with Crippen molar-refractivity contribution >= 4 is 45.0 Å². The quantitative estimate of drug-likeness (QED) is 0.620. The van der Waals surface area contributed by atoms with Crippen molar-refractivity contribution in [1.29, 1.82) is 0 Å². The van der Waals surface area contributed by atoms with Crippen LogP contribution in [0.15, 0.2) is 23.1 Å². The Hall–Kier alpha value is -1.86. The molecule has 0 radical (unpaired) electrons. The highest BCUT2D eigenvalue weighted by atomic mass is 32.2. The third-order valence-electron chi connectivity index (χ3n) is 5.36. The Labute approximate surface area is 185 Å². The number of nitrogens with zero attached hydrogens (tertiary/aromatic N) is 3. The number of ether oxygens (including phenoxy) is 2. The van der Waals surface area contributed by atoms with Crippen LogP contribution in [0.2, 0.25) is 0 Å². The van der Waals surface area contributed by atoms with E-state index in [2.05, 4.69) is 10.2 Å². The molecular weight excluding hydrogens is 444 g/mol. The molecule has 1 N–H and O–H groups in total. The monoisotopic (exact) mass is 470 g/mol. The molecular formula is C19H26N4O6S2. The van der Waals surface area contributed by atoms with Crippen LogP contribution in [0.1, 0.15) is 0 Å². The molecule has 2 amide bonds. The lowest BCUT2D eigenvalue weighted by molar-refractivity contribution is -0.130. The summed E-state index contributed by atoms with van der Waals surface area (Å²) in [5, 5.41) is 2.84. The first-order valence-corrected chi connectivity index (χ1v) is 12.7. The predicted octanol–water partition coefficient (Wildman–Crippen LogP) is 0.0155. The van der Waals surface area contributed by atoms with Crippen molar-refractivity contribution < 1.29 is 27.5 Å². The molecule has 10 nitrogen and oxygen atoms in total. The highest BCUT2D eigenvalue weighted by Gasteiger charge is 2.29. The molecule has 3 aliphatic heterocycles. The SMILES string of the molecule is O=C(CN1CSCC1=O)Nc1cc(S(=O)(=O)N2CCOCC2)ccc1N1CCOCC1. The Morgan fingerprint density at radius 3 is 2.39 bits per heavy atom. The van der Waals surface area contributed by atoms with E-state index in [1.807, 2.05) is 0 Å². The molecule has 0 spiro atoms. The molecule has 3 saturated heterocycles. The van der Waals surface area contributed by atoms with Crippen LogP contribution in [-0.2, 0) is 29.1 Å². The molecule has 3 fully saturated rings. The second-order valence-corrected chi connectivity index (χ2v) is 10.3. The average Bonchev–Trinajstić information content (AvgIpc) is 3.19. The van der Waals surface area contributed by atoms with Gasteiger partial charge in [0, 0.05) is 26.2 Å². The molecule has 3 heterocycles. The van der Waals surface area contributed by atoms with Crippen molar-refractivity contribution in [2.24, 2.45) is 0 Å². The van der Waals surface area contributed by atoms with Crippen molar-refractivity contribution in [3.8, 4) is 0 Å². The van der Waals surface area contributed by atoms with Gasteiger partial charge in [0.05, 0.1) is 54.3 Å². The predicted molar refractivity (Wildman–Crippen MR) is 117 cm³/mol. The summed E-state index contributed by atoms with van der Waals surface area (Å²) in [5.41, 5.74) is 1.15. The van der Waals surface area contributed by atoms with Crippen molar-refractivity contribution in [2.75, 3.05) is 81.0 Å². The first kappa shape index (κ1) is 22.3. The number of nitrogens with one attached hydrogen (secondary N) is 1. The van der Waals surface area contributed by atoms with Gasteiger partial charge in [0.25, 0.3) is 0 Å². The van der Waals surface area contributed by atoms with Crippen LogP contribution in [0.4, 0.5) is 11.4 Å². The van der Waals surface area contributed by atoms with E-state index in [0.717, 1.165) is 5.69 Å². The molecule has 0 unspecified atom stereocenters. The van der Waals surface area contributed by atoms with Gasteiger partial charge >= 0.3 is 0 Å². The lowest BCUT2D eigenvalue weighted by Crippen LogP contribution is -2.41. The van der Waals surface area contributed by atoms with E-state index in [1.54, 1.807) is 12.1 Å². The molecule has 0 saturated carbocycles. The lowest BCUT2D eigenvalue weighted by atomic mass is 10.2. The highest BCUT2D eigenvalue weighted by Crippen LogP contribution is 2.31. The number of anilines is 2. The molecule has 170 valence electrons. The topological polar surface area (TPSA) is 108 Å². The van der Waals surface area contributed by atoms with Gasteiger partial charge in [-0.2, -0.15) is 4.31 Å². The van der Waals surface area contributed by atoms with Crippen LogP contribution in [0.3, 0.4) is 0 Å². The van der Waals surface area contributed by atoms with Gasteiger partial charge in [-0.05, 0) is 18.2 Å². The van der Waals surface area contributed by atoms with Gasteiger partial charge < -0.3 is 24.6 Å². The minimum atomic E-state index is -3.71. The minimum Gasteiger partial charge on any atom is -0.379 e. The maximum atomic E-state index is 13.1. The lowest BCUT2D eigenvalue weighted by Gasteiger charge is -2.31. The molecule has 3 aliphatic rings. The first-order valence-electron chi connectivity index (χ1n) is 10.2. The zero-order valence-electron chi connectivity index (χ0n) is 17.1. The van der Waals surface area contributed by atoms with Crippen LogP contribution >= 0.6 is 11.8 Å². The number of amides is 2. The second kappa shape index (κ2) is 9.74. The van der Waals surface area contributed by atoms with Crippen LogP contribution in [0, 0.1) is 0 Å². The molecule has 0 aliphatic carbocycles. The third kappa shape index (κ3) is 5.14. The molecule has 1 aromatic rings. The van der Waals surface area contributed by atoms with Gasteiger partial charge in [-0.15, -0.1) is 11.8 Å². The summed E-state index contributed by atoms with van der Waals surface area (Å²) >= 11 is 1.47. The third-order valence-corrected chi connectivity index (χ3v) is 8.20. The van der Waals surface area contributed by atoms with Crippen molar-refractivity contribution in [3.05, 3.63) is 18.2 Å². The largest absolute Gasteiger partial charge is 0.379 e. The second-order valence-electron chi connectivity index (χ2n) is 7.41. The summed E-state index contributed by atoms with van der Waals surface area (Å²) in [7, 11) is -3.71. The van der Waals surface area contributed by atoms with Crippen LogP contribution in [-0.4, -0.2) is 100 Å². The van der Waals surface area contributed by atoms with Crippen LogP contribution < -0.4 is 10.2 Å². The van der Waals surface area contributed by atoms with Gasteiger partial charge in [-0.3, -0.25) is 9.59 Å². The molecule has 4 rings (SSSR count). The number of hydrogen-bond acceptors (Lipinski definition) is 8. The number of hydrogen-bond donors (Lipinski definition) is 1. The zero-order chi connectivity index (χ0) is 21.8. The molecule has 0 bridgehead atoms. The number of sulfonamides is 1. The smallest absolute Gasteiger partial charge is 0.244 e. The normalized spacial score (nSPS) is 20.8. The molecule has 0 atom stereocenters. The molecule has 0 aromatic heterocycles. The first-order chi connectivity index (χ1) is 14.9. The maximum Gasteiger partial charge on any atom is 0.244 e. The van der Waals surface area contributed by atoms with E-state index in [9.17, 15) is 18.0 Å². The summed E-state index contributed by atoms with van der Waals surface area (Å²) in [6, 6.07) is 4.81.